The number of anilines is 2. The number of amides is 2. The zero-order chi connectivity index (χ0) is 23.5. The average Bonchev–Trinajstić information content (AvgIpc) is 3.12. The van der Waals surface area contributed by atoms with E-state index in [9.17, 15) is 4.79 Å². The van der Waals surface area contributed by atoms with Gasteiger partial charge in [-0.05, 0) is 55.5 Å². The van der Waals surface area contributed by atoms with Gasteiger partial charge >= 0.3 is 6.03 Å². The van der Waals surface area contributed by atoms with Crippen molar-refractivity contribution in [3.05, 3.63) is 54.4 Å². The van der Waals surface area contributed by atoms with Gasteiger partial charge in [0.05, 0.1) is 17.9 Å². The summed E-state index contributed by atoms with van der Waals surface area (Å²) in [7, 11) is 4.13. The third-order valence-corrected chi connectivity index (χ3v) is 7.63. The summed E-state index contributed by atoms with van der Waals surface area (Å²) in [4.78, 5) is 29.3. The first kappa shape index (κ1) is 22.8. The van der Waals surface area contributed by atoms with Crippen molar-refractivity contribution < 1.29 is 4.79 Å². The van der Waals surface area contributed by atoms with Gasteiger partial charge in [0.2, 0.25) is 0 Å². The van der Waals surface area contributed by atoms with Crippen LogP contribution in [0.1, 0.15) is 50.5 Å². The minimum Gasteiger partial charge on any atom is -0.378 e. The van der Waals surface area contributed by atoms with Crippen LogP contribution in [0.3, 0.4) is 0 Å². The number of amidine groups is 1. The molecule has 2 amide bonds. The molecule has 3 fully saturated rings. The van der Waals surface area contributed by atoms with Gasteiger partial charge in [-0.2, -0.15) is 0 Å². The van der Waals surface area contributed by atoms with Crippen molar-refractivity contribution in [3.8, 4) is 0 Å². The van der Waals surface area contributed by atoms with Crippen LogP contribution in [0.2, 0.25) is 0 Å². The molecule has 2 aliphatic heterocycles. The smallest absolute Gasteiger partial charge is 0.328 e. The van der Waals surface area contributed by atoms with E-state index in [0.29, 0.717) is 6.04 Å². The Morgan fingerprint density at radius 3 is 2.47 bits per heavy atom. The Kier molecular flexibility index (Phi) is 6.55. The predicted octanol–water partition coefficient (Wildman–Crippen LogP) is 4.44. The minimum atomic E-state index is -0.414. The molecule has 1 spiro atoms. The molecule has 7 heteroatoms. The molecule has 1 N–H and O–H groups in total. The number of likely N-dealkylation sites (tertiary alicyclic amines) is 1. The van der Waals surface area contributed by atoms with E-state index in [4.69, 9.17) is 4.99 Å². The van der Waals surface area contributed by atoms with Gasteiger partial charge in [0.15, 0.2) is 0 Å². The second-order valence-corrected chi connectivity index (χ2v) is 10.1. The molecule has 0 atom stereocenters. The molecule has 1 aromatic carbocycles. The first-order chi connectivity index (χ1) is 16.5. The van der Waals surface area contributed by atoms with Gasteiger partial charge in [0.1, 0.15) is 11.4 Å². The molecule has 7 nitrogen and oxygen atoms in total. The molecule has 2 aromatic rings. The number of hydrogen-bond donors (Lipinski definition) is 1. The number of pyridine rings is 1. The maximum atomic E-state index is 13.2. The van der Waals surface area contributed by atoms with Gasteiger partial charge in [-0.15, -0.1) is 0 Å². The second-order valence-electron chi connectivity index (χ2n) is 10.1. The summed E-state index contributed by atoms with van der Waals surface area (Å²) in [5.74, 6) is 0.878. The largest absolute Gasteiger partial charge is 0.378 e. The van der Waals surface area contributed by atoms with Gasteiger partial charge in [0, 0.05) is 45.6 Å². The summed E-state index contributed by atoms with van der Waals surface area (Å²) >= 11 is 0. The maximum absolute atomic E-state index is 13.2. The lowest BCUT2D eigenvalue weighted by atomic mass is 9.84. The standard InChI is InChI=1S/C27H36N6O/c1-31(2)23-12-10-21(11-13-23)20-32-17-14-27(15-18-32)25(29-22-7-4-3-5-8-22)30-26(34)33(27)24-9-6-16-28-19-24/h6,9-13,16,19,22H,3-5,7-8,14-15,17-18,20H2,1-2H3,(H,29,30,34). The molecule has 180 valence electrons. The maximum Gasteiger partial charge on any atom is 0.328 e. The summed E-state index contributed by atoms with van der Waals surface area (Å²) in [5, 5.41) is 3.18. The molecule has 5 rings (SSSR count). The SMILES string of the molecule is CN(C)c1ccc(CN2CCC3(CC2)C(=NC2CCCCC2)NC(=O)N3c2cccnc2)cc1. The number of benzene rings is 1. The van der Waals surface area contributed by atoms with Crippen molar-refractivity contribution in [2.45, 2.75) is 63.1 Å². The summed E-state index contributed by atoms with van der Waals surface area (Å²) in [6.45, 7) is 2.77. The Hall–Kier alpha value is -2.93. The highest BCUT2D eigenvalue weighted by molar-refractivity contribution is 6.19. The molecule has 3 aliphatic rings. The van der Waals surface area contributed by atoms with E-state index < -0.39 is 5.54 Å². The van der Waals surface area contributed by atoms with E-state index in [0.717, 1.165) is 56.8 Å². The lowest BCUT2D eigenvalue weighted by molar-refractivity contribution is 0.184. The molecule has 1 saturated carbocycles. The summed E-state index contributed by atoms with van der Waals surface area (Å²) < 4.78 is 0. The van der Waals surface area contributed by atoms with E-state index in [1.165, 1.54) is 30.5 Å². The number of carbonyl (C=O) groups is 1. The Morgan fingerprint density at radius 2 is 1.82 bits per heavy atom. The summed E-state index contributed by atoms with van der Waals surface area (Å²) in [6.07, 6.45) is 11.3. The number of piperidine rings is 1. The van der Waals surface area contributed by atoms with Crippen molar-refractivity contribution in [1.82, 2.24) is 15.2 Å². The van der Waals surface area contributed by atoms with Gasteiger partial charge in [0.25, 0.3) is 0 Å². The molecule has 2 saturated heterocycles. The Morgan fingerprint density at radius 1 is 1.09 bits per heavy atom. The molecule has 34 heavy (non-hydrogen) atoms. The van der Waals surface area contributed by atoms with Crippen molar-refractivity contribution in [3.63, 3.8) is 0 Å². The van der Waals surface area contributed by atoms with E-state index >= 15 is 0 Å². The topological polar surface area (TPSA) is 64.1 Å². The quantitative estimate of drug-likeness (QED) is 0.716. The van der Waals surface area contributed by atoms with Crippen LogP contribution in [0.4, 0.5) is 16.2 Å². The van der Waals surface area contributed by atoms with Crippen LogP contribution >= 0.6 is 0 Å². The molecule has 1 aliphatic carbocycles. The van der Waals surface area contributed by atoms with Crippen LogP contribution in [0.15, 0.2) is 53.8 Å². The van der Waals surface area contributed by atoms with E-state index in [1.807, 2.05) is 17.0 Å². The lowest BCUT2D eigenvalue weighted by Crippen LogP contribution is -2.57. The van der Waals surface area contributed by atoms with E-state index in [1.54, 1.807) is 12.4 Å². The third kappa shape index (κ3) is 4.53. The summed E-state index contributed by atoms with van der Waals surface area (Å²) in [6, 6.07) is 12.9. The highest BCUT2D eigenvalue weighted by Crippen LogP contribution is 2.38. The highest BCUT2D eigenvalue weighted by Gasteiger charge is 2.53. The van der Waals surface area contributed by atoms with Gasteiger partial charge < -0.3 is 4.90 Å². The lowest BCUT2D eigenvalue weighted by Gasteiger charge is -2.43. The predicted molar refractivity (Wildman–Crippen MR) is 138 cm³/mol. The molecular weight excluding hydrogens is 424 g/mol. The number of urea groups is 1. The van der Waals surface area contributed by atoms with Crippen LogP contribution in [0, 0.1) is 0 Å². The van der Waals surface area contributed by atoms with Crippen molar-refractivity contribution in [1.29, 1.82) is 0 Å². The van der Waals surface area contributed by atoms with Crippen molar-refractivity contribution in [2.24, 2.45) is 4.99 Å². The third-order valence-electron chi connectivity index (χ3n) is 7.63. The number of rotatable bonds is 5. The Labute approximate surface area is 202 Å². The molecule has 0 bridgehead atoms. The molecule has 3 heterocycles. The van der Waals surface area contributed by atoms with Crippen molar-refractivity contribution >= 4 is 23.2 Å². The molecule has 1 aromatic heterocycles. The molecule has 0 unspecified atom stereocenters. The zero-order valence-electron chi connectivity index (χ0n) is 20.4. The van der Waals surface area contributed by atoms with Gasteiger partial charge in [-0.25, -0.2) is 4.79 Å². The van der Waals surface area contributed by atoms with E-state index in [2.05, 4.69) is 58.5 Å². The molecular formula is C27H36N6O. The number of nitrogens with zero attached hydrogens (tertiary/aromatic N) is 5. The normalized spacial score (nSPS) is 22.4. The first-order valence-corrected chi connectivity index (χ1v) is 12.6. The van der Waals surface area contributed by atoms with Crippen LogP contribution in [0.5, 0.6) is 0 Å². The zero-order valence-corrected chi connectivity index (χ0v) is 20.4. The van der Waals surface area contributed by atoms with Crippen LogP contribution < -0.4 is 15.1 Å². The highest BCUT2D eigenvalue weighted by atomic mass is 16.2. The van der Waals surface area contributed by atoms with Crippen molar-refractivity contribution in [2.75, 3.05) is 37.0 Å². The number of nitrogens with one attached hydrogen (secondary N) is 1. The number of aliphatic imine (C=N–C) groups is 1. The number of hydrogen-bond acceptors (Lipinski definition) is 5. The number of aromatic nitrogens is 1. The fraction of sp³-hybridized carbons (Fsp3) is 0.519. The minimum absolute atomic E-state index is 0.0738. The number of carbonyl (C=O) groups excluding carboxylic acids is 1. The second kappa shape index (κ2) is 9.74. The first-order valence-electron chi connectivity index (χ1n) is 12.6. The molecule has 0 radical (unpaired) electrons. The van der Waals surface area contributed by atoms with E-state index in [-0.39, 0.29) is 6.03 Å². The van der Waals surface area contributed by atoms with Gasteiger partial charge in [-0.3, -0.25) is 25.1 Å². The van der Waals surface area contributed by atoms with Crippen LogP contribution in [-0.2, 0) is 6.54 Å². The fourth-order valence-electron chi connectivity index (χ4n) is 5.67. The fourth-order valence-corrected chi connectivity index (χ4v) is 5.67. The Balaban J connectivity index is 1.37. The van der Waals surface area contributed by atoms with Crippen LogP contribution in [0.25, 0.3) is 0 Å². The monoisotopic (exact) mass is 460 g/mol. The van der Waals surface area contributed by atoms with Crippen LogP contribution in [-0.4, -0.2) is 60.5 Å². The average molecular weight is 461 g/mol. The Bertz CT molecular complexity index is 1010. The summed E-state index contributed by atoms with van der Waals surface area (Å²) in [5.41, 5.74) is 2.97. The van der Waals surface area contributed by atoms with Gasteiger partial charge in [-0.1, -0.05) is 31.4 Å².